The molecule has 1 N–H and O–H groups in total. The van der Waals surface area contributed by atoms with Crippen LogP contribution in [-0.2, 0) is 11.2 Å². The molecule has 0 amide bonds. The fourth-order valence-corrected chi connectivity index (χ4v) is 3.27. The second kappa shape index (κ2) is 8.55. The summed E-state index contributed by atoms with van der Waals surface area (Å²) in [6.45, 7) is 1.08. The summed E-state index contributed by atoms with van der Waals surface area (Å²) in [4.78, 5) is 32.1. The van der Waals surface area contributed by atoms with E-state index < -0.39 is 11.6 Å². The lowest BCUT2D eigenvalue weighted by molar-refractivity contribution is -0.0813. The zero-order valence-electron chi connectivity index (χ0n) is 15.5. The van der Waals surface area contributed by atoms with Crippen molar-refractivity contribution in [3.8, 4) is 5.88 Å². The number of aromatic nitrogens is 2. The van der Waals surface area contributed by atoms with Crippen molar-refractivity contribution in [3.05, 3.63) is 81.0 Å². The predicted molar refractivity (Wildman–Crippen MR) is 108 cm³/mol. The van der Waals surface area contributed by atoms with Crippen LogP contribution < -0.4 is 4.74 Å². The second-order valence-corrected chi connectivity index (χ2v) is 7.55. The van der Waals surface area contributed by atoms with Crippen molar-refractivity contribution in [2.75, 3.05) is 13.2 Å². The van der Waals surface area contributed by atoms with E-state index in [1.165, 1.54) is 24.4 Å². The van der Waals surface area contributed by atoms with Gasteiger partial charge in [-0.3, -0.25) is 9.59 Å². The van der Waals surface area contributed by atoms with Crippen LogP contribution in [0.5, 0.6) is 5.88 Å². The first-order valence-electron chi connectivity index (χ1n) is 9.01. The van der Waals surface area contributed by atoms with Gasteiger partial charge in [-0.25, -0.2) is 9.37 Å². The van der Waals surface area contributed by atoms with E-state index in [9.17, 15) is 14.0 Å². The zero-order chi connectivity index (χ0) is 21.3. The molecule has 30 heavy (non-hydrogen) atoms. The normalized spacial score (nSPS) is 13.7. The maximum atomic E-state index is 14.3. The van der Waals surface area contributed by atoms with E-state index >= 15 is 0 Å². The number of hydrogen-bond acceptors (Lipinski definition) is 5. The van der Waals surface area contributed by atoms with Crippen molar-refractivity contribution in [1.82, 2.24) is 9.97 Å². The van der Waals surface area contributed by atoms with Crippen LogP contribution in [0.3, 0.4) is 0 Å². The molecule has 0 radical (unpaired) electrons. The van der Waals surface area contributed by atoms with Gasteiger partial charge in [0, 0.05) is 30.4 Å². The van der Waals surface area contributed by atoms with Gasteiger partial charge in [-0.2, -0.15) is 0 Å². The largest absolute Gasteiger partial charge is 0.469 e. The fourth-order valence-electron chi connectivity index (χ4n) is 2.88. The van der Waals surface area contributed by atoms with Gasteiger partial charge in [0.1, 0.15) is 6.10 Å². The summed E-state index contributed by atoms with van der Waals surface area (Å²) in [7, 11) is 0. The van der Waals surface area contributed by atoms with Crippen molar-refractivity contribution in [2.24, 2.45) is 0 Å². The van der Waals surface area contributed by atoms with Crippen molar-refractivity contribution in [2.45, 2.75) is 12.5 Å². The first kappa shape index (κ1) is 20.5. The molecule has 9 heteroatoms. The van der Waals surface area contributed by atoms with Crippen LogP contribution in [0.25, 0.3) is 0 Å². The van der Waals surface area contributed by atoms with E-state index in [0.29, 0.717) is 24.7 Å². The Morgan fingerprint density at radius 3 is 2.63 bits per heavy atom. The summed E-state index contributed by atoms with van der Waals surface area (Å²) in [5.41, 5.74) is 0.664. The summed E-state index contributed by atoms with van der Waals surface area (Å²) < 4.78 is 24.9. The third-order valence-corrected chi connectivity index (χ3v) is 5.18. The van der Waals surface area contributed by atoms with Gasteiger partial charge in [0.2, 0.25) is 5.88 Å². The van der Waals surface area contributed by atoms with Crippen molar-refractivity contribution >= 4 is 34.8 Å². The molecule has 3 heterocycles. The molecule has 6 nitrogen and oxygen atoms in total. The van der Waals surface area contributed by atoms with Gasteiger partial charge >= 0.3 is 0 Å². The molecule has 2 aromatic heterocycles. The van der Waals surface area contributed by atoms with E-state index in [2.05, 4.69) is 9.97 Å². The Labute approximate surface area is 180 Å². The molecule has 1 saturated heterocycles. The van der Waals surface area contributed by atoms with Gasteiger partial charge in [0.05, 0.1) is 34.5 Å². The summed E-state index contributed by atoms with van der Waals surface area (Å²) in [6.07, 6.45) is 2.98. The standard InChI is InChI=1S/C21H15Cl2FN2O4/c22-14-2-3-15(23)20(24)19(14)21(28)12-6-16(25-8-12)17(27)5-11-1-4-18(26-7-11)30-13-9-29-10-13/h1-4,6-8,13,25H,5,9-10H2. The third kappa shape index (κ3) is 4.23. The fraction of sp³-hybridized carbons (Fsp3) is 0.190. The van der Waals surface area contributed by atoms with Crippen LogP contribution in [0.2, 0.25) is 10.0 Å². The lowest BCUT2D eigenvalue weighted by Crippen LogP contribution is -2.38. The highest BCUT2D eigenvalue weighted by molar-refractivity contribution is 6.37. The summed E-state index contributed by atoms with van der Waals surface area (Å²) in [6, 6.07) is 7.41. The van der Waals surface area contributed by atoms with E-state index in [-0.39, 0.29) is 45.2 Å². The maximum absolute atomic E-state index is 14.3. The summed E-state index contributed by atoms with van der Waals surface area (Å²) in [5.74, 6) is -1.36. The van der Waals surface area contributed by atoms with Crippen molar-refractivity contribution < 1.29 is 23.5 Å². The minimum Gasteiger partial charge on any atom is -0.469 e. The minimum atomic E-state index is -0.898. The highest BCUT2D eigenvalue weighted by Gasteiger charge is 2.23. The number of Topliss-reactive ketones (excluding diaryl/α,β-unsaturated/α-hetero) is 1. The molecule has 1 aliphatic rings. The first-order valence-corrected chi connectivity index (χ1v) is 9.77. The SMILES string of the molecule is O=C(Cc1ccc(OC2COC2)nc1)c1cc(C(=O)c2c(Cl)ccc(Cl)c2F)c[nH]1. The number of nitrogens with one attached hydrogen (secondary N) is 1. The second-order valence-electron chi connectivity index (χ2n) is 6.73. The van der Waals surface area contributed by atoms with Gasteiger partial charge in [-0.05, 0) is 23.8 Å². The van der Waals surface area contributed by atoms with Gasteiger partial charge in [0.15, 0.2) is 17.4 Å². The third-order valence-electron chi connectivity index (χ3n) is 4.57. The smallest absolute Gasteiger partial charge is 0.213 e. The van der Waals surface area contributed by atoms with Crippen LogP contribution in [0, 0.1) is 5.82 Å². The van der Waals surface area contributed by atoms with Crippen molar-refractivity contribution in [3.63, 3.8) is 0 Å². The highest BCUT2D eigenvalue weighted by Crippen LogP contribution is 2.28. The Morgan fingerprint density at radius 2 is 1.97 bits per heavy atom. The minimum absolute atomic E-state index is 0.0118. The Morgan fingerprint density at radius 1 is 1.20 bits per heavy atom. The molecule has 3 aromatic rings. The summed E-state index contributed by atoms with van der Waals surface area (Å²) in [5, 5.41) is -0.267. The Kier molecular flexibility index (Phi) is 5.85. The topological polar surface area (TPSA) is 81.3 Å². The highest BCUT2D eigenvalue weighted by atomic mass is 35.5. The van der Waals surface area contributed by atoms with E-state index in [1.54, 1.807) is 18.3 Å². The first-order chi connectivity index (χ1) is 14.4. The molecule has 0 spiro atoms. The Hall–Kier alpha value is -2.74. The lowest BCUT2D eigenvalue weighted by atomic mass is 10.0. The average molecular weight is 449 g/mol. The molecule has 0 aliphatic carbocycles. The lowest BCUT2D eigenvalue weighted by Gasteiger charge is -2.26. The monoisotopic (exact) mass is 448 g/mol. The number of pyridine rings is 1. The number of ketones is 2. The van der Waals surface area contributed by atoms with Gasteiger partial charge in [-0.1, -0.05) is 29.3 Å². The van der Waals surface area contributed by atoms with Crippen LogP contribution in [-0.4, -0.2) is 40.9 Å². The van der Waals surface area contributed by atoms with Gasteiger partial charge in [-0.15, -0.1) is 0 Å². The van der Waals surface area contributed by atoms with Gasteiger partial charge in [0.25, 0.3) is 0 Å². The molecular formula is C21H15Cl2FN2O4. The van der Waals surface area contributed by atoms with Crippen LogP contribution in [0.1, 0.15) is 32.0 Å². The van der Waals surface area contributed by atoms with E-state index in [0.717, 1.165) is 0 Å². The molecule has 0 atom stereocenters. The number of halogens is 3. The number of carbonyl (C=O) groups excluding carboxylic acids is 2. The number of nitrogens with zero attached hydrogens (tertiary/aromatic N) is 1. The average Bonchev–Trinajstić information content (AvgIpc) is 3.19. The maximum Gasteiger partial charge on any atom is 0.213 e. The van der Waals surface area contributed by atoms with Crippen molar-refractivity contribution in [1.29, 1.82) is 0 Å². The molecular weight excluding hydrogens is 434 g/mol. The number of benzene rings is 1. The quantitative estimate of drug-likeness (QED) is 0.430. The molecule has 1 aliphatic heterocycles. The number of aromatic amines is 1. The van der Waals surface area contributed by atoms with Crippen LogP contribution in [0.4, 0.5) is 4.39 Å². The molecule has 0 unspecified atom stereocenters. The van der Waals surface area contributed by atoms with Crippen LogP contribution >= 0.6 is 23.2 Å². The number of hydrogen-bond donors (Lipinski definition) is 1. The van der Waals surface area contributed by atoms with Gasteiger partial charge < -0.3 is 14.5 Å². The summed E-state index contributed by atoms with van der Waals surface area (Å²) >= 11 is 11.7. The number of rotatable bonds is 7. The zero-order valence-corrected chi connectivity index (χ0v) is 17.0. The molecule has 1 fully saturated rings. The number of ether oxygens (including phenoxy) is 2. The molecule has 0 saturated carbocycles. The predicted octanol–water partition coefficient (Wildman–Crippen LogP) is 4.29. The Bertz CT molecular complexity index is 1110. The number of H-pyrrole nitrogens is 1. The van der Waals surface area contributed by atoms with Crippen LogP contribution in [0.15, 0.2) is 42.7 Å². The molecule has 154 valence electrons. The Balaban J connectivity index is 1.45. The molecule has 4 rings (SSSR count). The van der Waals surface area contributed by atoms with E-state index in [1.807, 2.05) is 0 Å². The number of carbonyl (C=O) groups is 2. The van der Waals surface area contributed by atoms with E-state index in [4.69, 9.17) is 32.7 Å². The molecule has 0 bridgehead atoms. The molecule has 1 aromatic carbocycles.